The number of primary amides is 1. The number of carbonyl (C=O) groups excluding carboxylic acids is 1. The fourth-order valence-corrected chi connectivity index (χ4v) is 1.94. The lowest BCUT2D eigenvalue weighted by molar-refractivity contribution is -0.120. The van der Waals surface area contributed by atoms with Crippen molar-refractivity contribution in [2.45, 2.75) is 5.00 Å². The van der Waals surface area contributed by atoms with E-state index in [1.54, 1.807) is 12.1 Å². The number of benzene rings is 1. The van der Waals surface area contributed by atoms with Crippen molar-refractivity contribution in [3.05, 3.63) is 35.7 Å². The molecule has 6 N–H and O–H groups in total. The van der Waals surface area contributed by atoms with Crippen LogP contribution in [0, 0.1) is 0 Å². The number of aromatic hydroxyl groups is 1. The molecule has 0 aliphatic heterocycles. The summed E-state index contributed by atoms with van der Waals surface area (Å²) in [5, 5.41) is 19.3. The molecule has 0 radical (unpaired) electrons. The first kappa shape index (κ1) is 14.0. The molecule has 104 valence electrons. The molecule has 0 bridgehead atoms. The SMILES string of the molecule is NC(=O)C(N)(Cl)c1nc(C(=O)O)c(O)c2ccccc12. The number of amides is 1. The number of pyridine rings is 1. The van der Waals surface area contributed by atoms with Crippen LogP contribution >= 0.6 is 11.6 Å². The molecular weight excluding hydrogens is 286 g/mol. The van der Waals surface area contributed by atoms with Gasteiger partial charge in [-0.1, -0.05) is 35.9 Å². The zero-order valence-corrected chi connectivity index (χ0v) is 10.8. The van der Waals surface area contributed by atoms with Gasteiger partial charge in [-0.3, -0.25) is 10.5 Å². The molecule has 0 saturated heterocycles. The minimum atomic E-state index is -2.18. The summed E-state index contributed by atoms with van der Waals surface area (Å²) in [6, 6.07) is 6.13. The number of halogens is 1. The number of aromatic carboxylic acids is 1. The van der Waals surface area contributed by atoms with Gasteiger partial charge in [0.05, 0.1) is 5.69 Å². The normalized spacial score (nSPS) is 13.9. The highest BCUT2D eigenvalue weighted by atomic mass is 35.5. The number of carboxylic acids is 1. The molecule has 1 unspecified atom stereocenters. The number of hydrogen-bond donors (Lipinski definition) is 4. The summed E-state index contributed by atoms with van der Waals surface area (Å²) in [7, 11) is 0. The second kappa shape index (κ2) is 4.62. The van der Waals surface area contributed by atoms with E-state index in [1.807, 2.05) is 0 Å². The third-order valence-electron chi connectivity index (χ3n) is 2.79. The zero-order valence-electron chi connectivity index (χ0n) is 10.0. The predicted molar refractivity (Wildman–Crippen MR) is 71.3 cm³/mol. The van der Waals surface area contributed by atoms with Crippen molar-refractivity contribution >= 4 is 34.2 Å². The lowest BCUT2D eigenvalue weighted by atomic mass is 10.0. The van der Waals surface area contributed by atoms with Crippen molar-refractivity contribution in [2.24, 2.45) is 11.5 Å². The summed E-state index contributed by atoms with van der Waals surface area (Å²) in [6.45, 7) is 0. The number of aromatic nitrogens is 1. The maximum atomic E-state index is 11.3. The lowest BCUT2D eigenvalue weighted by Gasteiger charge is -2.20. The number of carbonyl (C=O) groups is 2. The van der Waals surface area contributed by atoms with Crippen LogP contribution in [0.3, 0.4) is 0 Å². The Morgan fingerprint density at radius 3 is 2.30 bits per heavy atom. The Bertz CT molecular complexity index is 730. The third-order valence-corrected chi connectivity index (χ3v) is 3.16. The molecule has 1 aromatic carbocycles. The second-order valence-electron chi connectivity index (χ2n) is 4.08. The highest BCUT2D eigenvalue weighted by molar-refractivity contribution is 6.34. The van der Waals surface area contributed by atoms with Crippen LogP contribution in [0.25, 0.3) is 10.8 Å². The van der Waals surface area contributed by atoms with Gasteiger partial charge in [0.1, 0.15) is 0 Å². The van der Waals surface area contributed by atoms with Crippen molar-refractivity contribution in [1.82, 2.24) is 4.98 Å². The smallest absolute Gasteiger partial charge is 0.358 e. The van der Waals surface area contributed by atoms with Crippen LogP contribution in [-0.4, -0.2) is 27.1 Å². The Hall–Kier alpha value is -2.38. The Labute approximate surface area is 117 Å². The second-order valence-corrected chi connectivity index (χ2v) is 4.68. The van der Waals surface area contributed by atoms with Gasteiger partial charge >= 0.3 is 5.97 Å². The molecule has 2 rings (SSSR count). The minimum absolute atomic E-state index is 0.159. The summed E-state index contributed by atoms with van der Waals surface area (Å²) in [6.07, 6.45) is 0. The van der Waals surface area contributed by atoms with E-state index in [2.05, 4.69) is 4.98 Å². The monoisotopic (exact) mass is 295 g/mol. The summed E-state index contributed by atoms with van der Waals surface area (Å²) in [4.78, 5) is 23.9. The largest absolute Gasteiger partial charge is 0.505 e. The van der Waals surface area contributed by atoms with Crippen LogP contribution in [0.5, 0.6) is 5.75 Å². The van der Waals surface area contributed by atoms with E-state index in [-0.39, 0.29) is 16.5 Å². The van der Waals surface area contributed by atoms with Gasteiger partial charge < -0.3 is 15.9 Å². The first-order valence-corrected chi connectivity index (χ1v) is 5.77. The van der Waals surface area contributed by atoms with Gasteiger partial charge in [0.25, 0.3) is 5.91 Å². The van der Waals surface area contributed by atoms with Crippen molar-refractivity contribution in [3.63, 3.8) is 0 Å². The molecule has 1 amide bonds. The summed E-state index contributed by atoms with van der Waals surface area (Å²) in [5.41, 5.74) is 9.85. The van der Waals surface area contributed by atoms with E-state index in [0.717, 1.165) is 0 Å². The highest BCUT2D eigenvalue weighted by Crippen LogP contribution is 2.34. The van der Waals surface area contributed by atoms with Gasteiger partial charge in [0.15, 0.2) is 11.4 Å². The molecule has 0 spiro atoms. The maximum Gasteiger partial charge on any atom is 0.358 e. The summed E-state index contributed by atoms with van der Waals surface area (Å²) < 4.78 is 0. The van der Waals surface area contributed by atoms with Gasteiger partial charge in [-0.2, -0.15) is 0 Å². The number of alkyl halides is 1. The molecule has 20 heavy (non-hydrogen) atoms. The number of nitrogens with zero attached hydrogens (tertiary/aromatic N) is 1. The number of hydrogen-bond acceptors (Lipinski definition) is 5. The lowest BCUT2D eigenvalue weighted by Crippen LogP contribution is -2.45. The van der Waals surface area contributed by atoms with Gasteiger partial charge in [0, 0.05) is 10.8 Å². The van der Waals surface area contributed by atoms with E-state index >= 15 is 0 Å². The predicted octanol–water partition coefficient (Wildman–Crippen LogP) is 0.474. The van der Waals surface area contributed by atoms with Crippen molar-refractivity contribution in [1.29, 1.82) is 0 Å². The number of rotatable bonds is 3. The molecule has 0 fully saturated rings. The minimum Gasteiger partial charge on any atom is -0.505 e. The number of nitrogens with two attached hydrogens (primary N) is 2. The topological polar surface area (TPSA) is 140 Å². The number of carboxylic acid groups (broad SMARTS) is 1. The van der Waals surface area contributed by atoms with Crippen LogP contribution in [0.15, 0.2) is 24.3 Å². The Kier molecular flexibility index (Phi) is 3.24. The van der Waals surface area contributed by atoms with Crippen molar-refractivity contribution in [3.8, 4) is 5.75 Å². The fraction of sp³-hybridized carbons (Fsp3) is 0.0833. The van der Waals surface area contributed by atoms with Crippen molar-refractivity contribution in [2.75, 3.05) is 0 Å². The van der Waals surface area contributed by atoms with Crippen LogP contribution in [-0.2, 0) is 9.79 Å². The molecule has 0 aliphatic rings. The molecule has 1 heterocycles. The van der Waals surface area contributed by atoms with Crippen LogP contribution < -0.4 is 11.5 Å². The van der Waals surface area contributed by atoms with Crippen LogP contribution in [0.2, 0.25) is 0 Å². The third kappa shape index (κ3) is 2.02. The van der Waals surface area contributed by atoms with E-state index in [0.29, 0.717) is 0 Å². The maximum absolute atomic E-state index is 11.3. The standard InChI is InChI=1S/C12H10ClN3O4/c13-12(15,11(14)20)9-6-4-2-1-3-5(6)8(17)7(16-9)10(18)19/h1-4,17H,15H2,(H2,14,20)(H,18,19). The van der Waals surface area contributed by atoms with Crippen molar-refractivity contribution < 1.29 is 19.8 Å². The van der Waals surface area contributed by atoms with Gasteiger partial charge in [-0.15, -0.1) is 0 Å². The van der Waals surface area contributed by atoms with E-state index < -0.39 is 28.3 Å². The molecule has 7 nitrogen and oxygen atoms in total. The molecule has 0 aliphatic carbocycles. The molecule has 8 heteroatoms. The average molecular weight is 296 g/mol. The molecular formula is C12H10ClN3O4. The van der Waals surface area contributed by atoms with Gasteiger partial charge in [-0.25, -0.2) is 9.78 Å². The Morgan fingerprint density at radius 2 is 1.80 bits per heavy atom. The highest BCUT2D eigenvalue weighted by Gasteiger charge is 2.36. The van der Waals surface area contributed by atoms with E-state index in [1.165, 1.54) is 12.1 Å². The number of fused-ring (bicyclic) bond motifs is 1. The zero-order chi connectivity index (χ0) is 15.1. The van der Waals surface area contributed by atoms with E-state index in [4.69, 9.17) is 28.2 Å². The summed E-state index contributed by atoms with van der Waals surface area (Å²) >= 11 is 5.87. The average Bonchev–Trinajstić information content (AvgIpc) is 2.38. The Morgan fingerprint density at radius 1 is 1.25 bits per heavy atom. The molecule has 0 saturated carbocycles. The van der Waals surface area contributed by atoms with Crippen LogP contribution in [0.4, 0.5) is 0 Å². The molecule has 1 aromatic heterocycles. The first-order valence-electron chi connectivity index (χ1n) is 5.40. The van der Waals surface area contributed by atoms with Crippen LogP contribution in [0.1, 0.15) is 16.2 Å². The molecule has 1 atom stereocenters. The van der Waals surface area contributed by atoms with Gasteiger partial charge in [0.2, 0.25) is 5.00 Å². The van der Waals surface area contributed by atoms with Gasteiger partial charge in [-0.05, 0) is 0 Å². The quantitative estimate of drug-likeness (QED) is 0.479. The fourth-order valence-electron chi connectivity index (χ4n) is 1.79. The molecule has 2 aromatic rings. The van der Waals surface area contributed by atoms with E-state index in [9.17, 15) is 14.7 Å². The Balaban J connectivity index is 2.94. The first-order chi connectivity index (χ1) is 9.26. The summed E-state index contributed by atoms with van der Waals surface area (Å²) in [5.74, 6) is -3.10.